The second kappa shape index (κ2) is 5.68. The Labute approximate surface area is 122 Å². The Hall–Kier alpha value is -1.45. The number of nitrogens with zero attached hydrogens (tertiary/aromatic N) is 4. The van der Waals surface area contributed by atoms with Crippen molar-refractivity contribution in [3.63, 3.8) is 0 Å². The van der Waals surface area contributed by atoms with Crippen molar-refractivity contribution in [1.29, 1.82) is 0 Å². The summed E-state index contributed by atoms with van der Waals surface area (Å²) >= 11 is 2.15. The lowest BCUT2D eigenvalue weighted by molar-refractivity contribution is -0.383. The first-order chi connectivity index (χ1) is 9.08. The molecule has 0 saturated heterocycles. The van der Waals surface area contributed by atoms with Gasteiger partial charge in [0.2, 0.25) is 0 Å². The maximum absolute atomic E-state index is 11.1. The summed E-state index contributed by atoms with van der Waals surface area (Å²) in [5.74, 6) is 5.74. The van der Waals surface area contributed by atoms with Gasteiger partial charge in [-0.15, -0.1) is 0 Å². The van der Waals surface area contributed by atoms with Gasteiger partial charge in [-0.1, -0.05) is 0 Å². The Bertz CT molecular complexity index is 657. The van der Waals surface area contributed by atoms with Gasteiger partial charge in [0.05, 0.1) is 34.1 Å². The van der Waals surface area contributed by atoms with Crippen LogP contribution >= 0.6 is 28.4 Å². The quantitative estimate of drug-likeness (QED) is 0.270. The van der Waals surface area contributed by atoms with Crippen molar-refractivity contribution in [3.05, 3.63) is 40.8 Å². The summed E-state index contributed by atoms with van der Waals surface area (Å²) < 4.78 is 1.69. The minimum Gasteiger partial charge on any atom is -0.403 e. The molecule has 4 N–H and O–H groups in total. The summed E-state index contributed by atoms with van der Waals surface area (Å²) in [6, 6.07) is 3.13. The average molecular weight is 392 g/mol. The van der Waals surface area contributed by atoms with Gasteiger partial charge in [0.25, 0.3) is 5.69 Å². The number of nitro benzene ring substituents is 1. The molecule has 0 fully saturated rings. The van der Waals surface area contributed by atoms with Crippen molar-refractivity contribution in [1.82, 2.24) is 9.55 Å². The number of nitrogens with two attached hydrogens (primary N) is 2. The SMILES string of the molecule is N/C=C\N(N)c1cc([N+](=O)[O-])c2cnn(PI)c2c1. The fourth-order valence-corrected chi connectivity index (χ4v) is 3.17. The van der Waals surface area contributed by atoms with Crippen molar-refractivity contribution in [2.45, 2.75) is 0 Å². The van der Waals surface area contributed by atoms with Crippen molar-refractivity contribution in [3.8, 4) is 0 Å². The Balaban J connectivity index is 2.70. The van der Waals surface area contributed by atoms with Gasteiger partial charge in [-0.3, -0.25) is 15.1 Å². The predicted molar refractivity (Wildman–Crippen MR) is 84.1 cm³/mol. The molecule has 0 aliphatic carbocycles. The van der Waals surface area contributed by atoms with E-state index in [0.29, 0.717) is 23.0 Å². The molecule has 0 saturated carbocycles. The number of halogens is 1. The standard InChI is InChI=1S/C9H10IN6O2P/c10-19-15-8-3-6(14(12)2-1-11)4-9(16(17)18)7(8)5-13-15/h1-5,19H,11-12H2/b2-1-. The van der Waals surface area contributed by atoms with Crippen LogP contribution in [0.4, 0.5) is 11.4 Å². The van der Waals surface area contributed by atoms with Crippen molar-refractivity contribution < 1.29 is 4.92 Å². The second-order valence-corrected chi connectivity index (χ2v) is 5.58. The van der Waals surface area contributed by atoms with Crippen molar-refractivity contribution in [2.24, 2.45) is 11.6 Å². The molecule has 19 heavy (non-hydrogen) atoms. The van der Waals surface area contributed by atoms with E-state index < -0.39 is 4.92 Å². The lowest BCUT2D eigenvalue weighted by atomic mass is 10.2. The Morgan fingerprint density at radius 2 is 2.32 bits per heavy atom. The van der Waals surface area contributed by atoms with Gasteiger partial charge < -0.3 is 5.73 Å². The highest BCUT2D eigenvalue weighted by atomic mass is 127. The molecule has 100 valence electrons. The molecule has 1 heterocycles. The number of hydrazine groups is 1. The number of hydrogen-bond acceptors (Lipinski definition) is 6. The highest BCUT2D eigenvalue weighted by Crippen LogP contribution is 2.35. The molecule has 0 radical (unpaired) electrons. The zero-order valence-electron chi connectivity index (χ0n) is 9.52. The van der Waals surface area contributed by atoms with Crippen LogP contribution in [0, 0.1) is 10.1 Å². The molecule has 0 aliphatic rings. The van der Waals surface area contributed by atoms with E-state index in [1.807, 2.05) is 0 Å². The molecule has 2 rings (SSSR count). The summed E-state index contributed by atoms with van der Waals surface area (Å²) in [6.07, 6.45) is 4.50. The molecule has 1 aromatic carbocycles. The first-order valence-electron chi connectivity index (χ1n) is 5.03. The predicted octanol–water partition coefficient (Wildman–Crippen LogP) is 1.85. The van der Waals surface area contributed by atoms with E-state index in [2.05, 4.69) is 27.1 Å². The first-order valence-corrected chi connectivity index (χ1v) is 9.09. The number of nitro groups is 1. The van der Waals surface area contributed by atoms with Gasteiger partial charge >= 0.3 is 0 Å². The van der Waals surface area contributed by atoms with Crippen LogP contribution in [0.1, 0.15) is 0 Å². The first kappa shape index (κ1) is 14.0. The molecule has 1 aromatic heterocycles. The fraction of sp³-hybridized carbons (Fsp3) is 0. The minimum absolute atomic E-state index is 0.0331. The number of rotatable bonds is 4. The highest BCUT2D eigenvalue weighted by molar-refractivity contribution is 14.2. The van der Waals surface area contributed by atoms with E-state index in [0.717, 1.165) is 0 Å². The highest BCUT2D eigenvalue weighted by Gasteiger charge is 2.18. The van der Waals surface area contributed by atoms with Gasteiger partial charge in [0.1, 0.15) is 0 Å². The van der Waals surface area contributed by atoms with Crippen molar-refractivity contribution in [2.75, 3.05) is 5.01 Å². The van der Waals surface area contributed by atoms with Crippen LogP contribution in [0.2, 0.25) is 0 Å². The fourth-order valence-electron chi connectivity index (χ4n) is 1.64. The summed E-state index contributed by atoms with van der Waals surface area (Å²) in [6.45, 7) is 0. The van der Waals surface area contributed by atoms with Crippen LogP contribution in [-0.2, 0) is 0 Å². The largest absolute Gasteiger partial charge is 0.403 e. The third-order valence-corrected chi connectivity index (χ3v) is 4.36. The monoisotopic (exact) mass is 392 g/mol. The molecule has 2 aromatic rings. The van der Waals surface area contributed by atoms with E-state index in [1.165, 1.54) is 29.7 Å². The summed E-state index contributed by atoms with van der Waals surface area (Å²) in [4.78, 5) is 10.7. The van der Waals surface area contributed by atoms with Gasteiger partial charge in [-0.2, -0.15) is 5.10 Å². The van der Waals surface area contributed by atoms with E-state index >= 15 is 0 Å². The number of hydrogen-bond donors (Lipinski definition) is 2. The van der Waals surface area contributed by atoms with E-state index in [9.17, 15) is 10.1 Å². The molecule has 0 amide bonds. The Morgan fingerprint density at radius 3 is 2.89 bits per heavy atom. The number of anilines is 1. The van der Waals surface area contributed by atoms with Gasteiger partial charge in [-0.05, 0) is 28.1 Å². The molecular weight excluding hydrogens is 382 g/mol. The molecule has 0 aliphatic heterocycles. The summed E-state index contributed by atoms with van der Waals surface area (Å²) in [5, 5.41) is 16.9. The Kier molecular flexibility index (Phi) is 4.17. The maximum Gasteiger partial charge on any atom is 0.282 e. The minimum atomic E-state index is -0.450. The molecule has 1 unspecified atom stereocenters. The topological polar surface area (TPSA) is 116 Å². The van der Waals surface area contributed by atoms with Gasteiger partial charge in [0, 0.05) is 18.5 Å². The molecule has 0 spiro atoms. The number of aromatic nitrogens is 2. The second-order valence-electron chi connectivity index (χ2n) is 3.54. The summed E-state index contributed by atoms with van der Waals surface area (Å²) in [5.41, 5.74) is 6.36. The van der Waals surface area contributed by atoms with E-state index in [1.54, 1.807) is 10.5 Å². The van der Waals surface area contributed by atoms with E-state index in [-0.39, 0.29) is 5.69 Å². The smallest absolute Gasteiger partial charge is 0.282 e. The maximum atomic E-state index is 11.1. The number of benzene rings is 1. The van der Waals surface area contributed by atoms with Gasteiger partial charge in [0.15, 0.2) is 0 Å². The van der Waals surface area contributed by atoms with Crippen LogP contribution < -0.4 is 16.6 Å². The third kappa shape index (κ3) is 2.62. The van der Waals surface area contributed by atoms with Crippen LogP contribution in [0.3, 0.4) is 0 Å². The lowest BCUT2D eigenvalue weighted by Gasteiger charge is -2.13. The average Bonchev–Trinajstić information content (AvgIpc) is 2.80. The van der Waals surface area contributed by atoms with Crippen molar-refractivity contribution >= 4 is 50.7 Å². The normalized spacial score (nSPS) is 11.9. The number of non-ortho nitro benzene ring substituents is 1. The molecule has 10 heteroatoms. The lowest BCUT2D eigenvalue weighted by Crippen LogP contribution is -2.24. The Morgan fingerprint density at radius 1 is 1.58 bits per heavy atom. The number of fused-ring (bicyclic) bond motifs is 1. The van der Waals surface area contributed by atoms with Crippen LogP contribution in [0.25, 0.3) is 10.9 Å². The van der Waals surface area contributed by atoms with Crippen LogP contribution in [0.5, 0.6) is 0 Å². The molecule has 1 atom stereocenters. The third-order valence-electron chi connectivity index (χ3n) is 2.47. The van der Waals surface area contributed by atoms with Gasteiger partial charge in [-0.25, -0.2) is 10.3 Å². The zero-order valence-corrected chi connectivity index (χ0v) is 12.7. The molecule has 8 nitrogen and oxygen atoms in total. The molecular formula is C9H10IN6O2P. The summed E-state index contributed by atoms with van der Waals surface area (Å²) in [7, 11) is 0. The molecule has 0 bridgehead atoms. The van der Waals surface area contributed by atoms with Crippen LogP contribution in [-0.4, -0.2) is 14.5 Å². The zero-order chi connectivity index (χ0) is 14.0. The van der Waals surface area contributed by atoms with E-state index in [4.69, 9.17) is 11.6 Å². The van der Waals surface area contributed by atoms with Crippen LogP contribution in [0.15, 0.2) is 30.7 Å².